The first-order valence-electron chi connectivity index (χ1n) is 7.81. The van der Waals surface area contributed by atoms with Gasteiger partial charge in [0.05, 0.1) is 46.3 Å². The molecule has 2 rings (SSSR count). The lowest BCUT2D eigenvalue weighted by molar-refractivity contribution is -0.142. The number of ether oxygens (including phenoxy) is 4. The number of esters is 1. The predicted octanol–water partition coefficient (Wildman–Crippen LogP) is 2.72. The number of carbonyl (C=O) groups excluding carboxylic acids is 1. The predicted molar refractivity (Wildman–Crippen MR) is 99.8 cm³/mol. The van der Waals surface area contributed by atoms with E-state index in [1.54, 1.807) is 52.0 Å². The molecule has 0 saturated heterocycles. The van der Waals surface area contributed by atoms with Crippen molar-refractivity contribution in [3.8, 4) is 17.2 Å². The lowest BCUT2D eigenvalue weighted by atomic mass is 10.2. The molecule has 0 bridgehead atoms. The van der Waals surface area contributed by atoms with Gasteiger partial charge in [-0.2, -0.15) is 5.10 Å². The highest BCUT2D eigenvalue weighted by Gasteiger charge is 2.14. The van der Waals surface area contributed by atoms with Crippen LogP contribution in [-0.4, -0.2) is 45.1 Å². The molecule has 1 N–H and O–H groups in total. The SMILES string of the molecule is CCOC(=O)Cc1csc(NN=Cc2ccc(OC)c(OC)c2OC)n1. The highest BCUT2D eigenvalue weighted by Crippen LogP contribution is 2.39. The molecule has 0 aliphatic carbocycles. The minimum absolute atomic E-state index is 0.138. The third kappa shape index (κ3) is 4.85. The molecule has 1 aromatic carbocycles. The Labute approximate surface area is 155 Å². The van der Waals surface area contributed by atoms with Gasteiger partial charge in [0.2, 0.25) is 10.9 Å². The standard InChI is InChI=1S/C17H21N3O5S/c1-5-25-14(21)8-12-10-26-17(19-12)20-18-9-11-6-7-13(22-2)16(24-4)15(11)23-3/h6-7,9-10H,5,8H2,1-4H3,(H,19,20). The van der Waals surface area contributed by atoms with Gasteiger partial charge >= 0.3 is 5.97 Å². The van der Waals surface area contributed by atoms with Crippen LogP contribution in [0.2, 0.25) is 0 Å². The molecular formula is C17H21N3O5S. The molecule has 9 heteroatoms. The van der Waals surface area contributed by atoms with Crippen LogP contribution in [-0.2, 0) is 16.0 Å². The van der Waals surface area contributed by atoms with Gasteiger partial charge in [0.25, 0.3) is 0 Å². The zero-order valence-corrected chi connectivity index (χ0v) is 15.9. The summed E-state index contributed by atoms with van der Waals surface area (Å²) >= 11 is 1.35. The number of benzene rings is 1. The number of hydrogen-bond acceptors (Lipinski definition) is 9. The highest BCUT2D eigenvalue weighted by molar-refractivity contribution is 7.13. The molecule has 26 heavy (non-hydrogen) atoms. The Balaban J connectivity index is 2.07. The second-order valence-corrected chi connectivity index (χ2v) is 5.78. The van der Waals surface area contributed by atoms with Gasteiger partial charge in [-0.3, -0.25) is 10.2 Å². The van der Waals surface area contributed by atoms with Crippen molar-refractivity contribution >= 4 is 28.7 Å². The van der Waals surface area contributed by atoms with E-state index in [9.17, 15) is 4.79 Å². The van der Waals surface area contributed by atoms with Crippen LogP contribution in [0.5, 0.6) is 17.2 Å². The summed E-state index contributed by atoms with van der Waals surface area (Å²) in [6.07, 6.45) is 1.73. The second-order valence-electron chi connectivity index (χ2n) is 4.92. The van der Waals surface area contributed by atoms with Crippen molar-refractivity contribution in [2.45, 2.75) is 13.3 Å². The van der Waals surface area contributed by atoms with Gasteiger partial charge in [0, 0.05) is 10.9 Å². The number of thiazole rings is 1. The quantitative estimate of drug-likeness (QED) is 0.407. The first-order valence-corrected chi connectivity index (χ1v) is 8.68. The summed E-state index contributed by atoms with van der Waals surface area (Å²) in [6.45, 7) is 2.12. The third-order valence-electron chi connectivity index (χ3n) is 3.28. The van der Waals surface area contributed by atoms with Gasteiger partial charge in [0.1, 0.15) is 0 Å². The zero-order valence-electron chi connectivity index (χ0n) is 15.1. The maximum absolute atomic E-state index is 11.5. The molecule has 0 aliphatic heterocycles. The average molecular weight is 379 g/mol. The summed E-state index contributed by atoms with van der Waals surface area (Å²) in [5.41, 5.74) is 4.18. The number of hydrogen-bond donors (Lipinski definition) is 1. The van der Waals surface area contributed by atoms with Crippen LogP contribution in [0, 0.1) is 0 Å². The molecule has 1 aromatic heterocycles. The van der Waals surface area contributed by atoms with Crippen molar-refractivity contribution in [3.05, 3.63) is 28.8 Å². The molecule has 140 valence electrons. The molecule has 0 amide bonds. The number of aromatic nitrogens is 1. The Kier molecular flexibility index (Phi) is 7.22. The first kappa shape index (κ1) is 19.5. The number of methoxy groups -OCH3 is 3. The molecule has 8 nitrogen and oxygen atoms in total. The van der Waals surface area contributed by atoms with E-state index in [0.29, 0.717) is 40.2 Å². The number of carbonyl (C=O) groups is 1. The van der Waals surface area contributed by atoms with E-state index in [1.165, 1.54) is 11.3 Å². The topological polar surface area (TPSA) is 91.3 Å². The summed E-state index contributed by atoms with van der Waals surface area (Å²) < 4.78 is 20.9. The van der Waals surface area contributed by atoms with E-state index in [0.717, 1.165) is 0 Å². The molecule has 2 aromatic rings. The normalized spacial score (nSPS) is 10.6. The van der Waals surface area contributed by atoms with Gasteiger partial charge in [-0.1, -0.05) is 0 Å². The lowest BCUT2D eigenvalue weighted by Gasteiger charge is -2.13. The molecule has 0 radical (unpaired) electrons. The third-order valence-corrected chi connectivity index (χ3v) is 4.08. The maximum atomic E-state index is 11.5. The van der Waals surface area contributed by atoms with E-state index in [-0.39, 0.29) is 12.4 Å². The molecular weight excluding hydrogens is 358 g/mol. The highest BCUT2D eigenvalue weighted by atomic mass is 32.1. The smallest absolute Gasteiger partial charge is 0.311 e. The Hall–Kier alpha value is -2.81. The van der Waals surface area contributed by atoms with E-state index >= 15 is 0 Å². The van der Waals surface area contributed by atoms with Crippen molar-refractivity contribution in [3.63, 3.8) is 0 Å². The summed E-state index contributed by atoms with van der Waals surface area (Å²) in [4.78, 5) is 15.7. The van der Waals surface area contributed by atoms with Crippen molar-refractivity contribution in [2.75, 3.05) is 33.4 Å². The minimum atomic E-state index is -0.303. The summed E-state index contributed by atoms with van der Waals surface area (Å²) in [5.74, 6) is 1.27. The molecule has 0 atom stereocenters. The summed E-state index contributed by atoms with van der Waals surface area (Å²) in [5, 5.41) is 6.51. The van der Waals surface area contributed by atoms with Crippen LogP contribution in [0.15, 0.2) is 22.6 Å². The van der Waals surface area contributed by atoms with Crippen LogP contribution in [0.25, 0.3) is 0 Å². The van der Waals surface area contributed by atoms with Crippen LogP contribution in [0.1, 0.15) is 18.2 Å². The Morgan fingerprint density at radius 2 is 2.00 bits per heavy atom. The van der Waals surface area contributed by atoms with Crippen molar-refractivity contribution in [1.82, 2.24) is 4.98 Å². The van der Waals surface area contributed by atoms with Crippen LogP contribution in [0.4, 0.5) is 5.13 Å². The minimum Gasteiger partial charge on any atom is -0.493 e. The van der Waals surface area contributed by atoms with Crippen LogP contribution < -0.4 is 19.6 Å². The Bertz CT molecular complexity index is 776. The lowest BCUT2D eigenvalue weighted by Crippen LogP contribution is -2.07. The number of hydrazone groups is 1. The van der Waals surface area contributed by atoms with E-state index in [4.69, 9.17) is 18.9 Å². The largest absolute Gasteiger partial charge is 0.493 e. The molecule has 1 heterocycles. The fraction of sp³-hybridized carbons (Fsp3) is 0.353. The number of nitrogens with one attached hydrogen (secondary N) is 1. The molecule has 0 fully saturated rings. The molecule has 0 spiro atoms. The van der Waals surface area contributed by atoms with E-state index in [2.05, 4.69) is 15.5 Å². The Morgan fingerprint density at radius 1 is 1.23 bits per heavy atom. The van der Waals surface area contributed by atoms with Gasteiger partial charge in [-0.05, 0) is 19.1 Å². The second kappa shape index (κ2) is 9.62. The summed E-state index contributed by atoms with van der Waals surface area (Å²) in [6, 6.07) is 3.57. The monoisotopic (exact) mass is 379 g/mol. The molecule has 0 unspecified atom stereocenters. The average Bonchev–Trinajstić information content (AvgIpc) is 3.08. The number of nitrogens with zero attached hydrogens (tertiary/aromatic N) is 2. The fourth-order valence-electron chi connectivity index (χ4n) is 2.18. The fourth-order valence-corrected chi connectivity index (χ4v) is 2.84. The van der Waals surface area contributed by atoms with Crippen LogP contribution >= 0.6 is 11.3 Å². The van der Waals surface area contributed by atoms with Gasteiger partial charge < -0.3 is 18.9 Å². The van der Waals surface area contributed by atoms with Crippen LogP contribution in [0.3, 0.4) is 0 Å². The number of anilines is 1. The zero-order chi connectivity index (χ0) is 18.9. The molecule has 0 saturated carbocycles. The Morgan fingerprint density at radius 3 is 2.65 bits per heavy atom. The maximum Gasteiger partial charge on any atom is 0.311 e. The molecule has 0 aliphatic rings. The van der Waals surface area contributed by atoms with E-state index < -0.39 is 0 Å². The van der Waals surface area contributed by atoms with Crippen molar-refractivity contribution in [1.29, 1.82) is 0 Å². The summed E-state index contributed by atoms with van der Waals surface area (Å²) in [7, 11) is 4.65. The first-order chi connectivity index (χ1) is 12.6. The van der Waals surface area contributed by atoms with Gasteiger partial charge in [0.15, 0.2) is 11.5 Å². The van der Waals surface area contributed by atoms with E-state index in [1.807, 2.05) is 0 Å². The van der Waals surface area contributed by atoms with Crippen molar-refractivity contribution in [2.24, 2.45) is 5.10 Å². The van der Waals surface area contributed by atoms with Crippen molar-refractivity contribution < 1.29 is 23.7 Å². The van der Waals surface area contributed by atoms with Gasteiger partial charge in [-0.25, -0.2) is 4.98 Å². The van der Waals surface area contributed by atoms with Gasteiger partial charge in [-0.15, -0.1) is 11.3 Å². The number of rotatable bonds is 9.